The third kappa shape index (κ3) is 5.74. The molecular formula is C15H22BrNO2. The Labute approximate surface area is 124 Å². The van der Waals surface area contributed by atoms with Gasteiger partial charge in [0.15, 0.2) is 0 Å². The van der Waals surface area contributed by atoms with Gasteiger partial charge in [0.25, 0.3) is 0 Å². The Hall–Kier alpha value is -0.870. The Morgan fingerprint density at radius 3 is 2.47 bits per heavy atom. The van der Waals surface area contributed by atoms with E-state index in [1.807, 2.05) is 64.0 Å². The summed E-state index contributed by atoms with van der Waals surface area (Å²) < 4.78 is 6.49. The number of esters is 1. The minimum Gasteiger partial charge on any atom is -0.459 e. The van der Waals surface area contributed by atoms with E-state index < -0.39 is 5.60 Å². The topological polar surface area (TPSA) is 29.5 Å². The molecular weight excluding hydrogens is 306 g/mol. The van der Waals surface area contributed by atoms with E-state index in [1.165, 1.54) is 0 Å². The molecule has 0 unspecified atom stereocenters. The third-order valence-corrected chi connectivity index (χ3v) is 3.11. The minimum atomic E-state index is -0.456. The summed E-state index contributed by atoms with van der Waals surface area (Å²) >= 11 is 3.45. The first-order valence-corrected chi connectivity index (χ1v) is 7.12. The van der Waals surface area contributed by atoms with Gasteiger partial charge in [-0.05, 0) is 59.0 Å². The number of rotatable bonds is 4. The van der Waals surface area contributed by atoms with Crippen molar-refractivity contribution in [3.8, 4) is 0 Å². The molecule has 1 rings (SSSR count). The quantitative estimate of drug-likeness (QED) is 0.795. The van der Waals surface area contributed by atoms with Crippen LogP contribution in [-0.4, -0.2) is 36.6 Å². The zero-order valence-electron chi connectivity index (χ0n) is 12.2. The van der Waals surface area contributed by atoms with Crippen LogP contribution in [0, 0.1) is 0 Å². The standard InChI is InChI=1S/C15H22BrNO2/c1-15(2,3)19-14(18)13(17(4)5)10-11-7-6-8-12(16)9-11/h6-9,13H,10H2,1-5H3/t13-/m0/s1. The van der Waals surface area contributed by atoms with Crippen molar-refractivity contribution in [1.82, 2.24) is 4.90 Å². The summed E-state index contributed by atoms with van der Waals surface area (Å²) in [6.07, 6.45) is 0.640. The first-order valence-electron chi connectivity index (χ1n) is 6.33. The largest absolute Gasteiger partial charge is 0.459 e. The van der Waals surface area contributed by atoms with E-state index in [-0.39, 0.29) is 12.0 Å². The number of carbonyl (C=O) groups excluding carboxylic acids is 1. The molecule has 1 aromatic carbocycles. The van der Waals surface area contributed by atoms with Gasteiger partial charge in [-0.25, -0.2) is 0 Å². The van der Waals surface area contributed by atoms with E-state index in [9.17, 15) is 4.79 Å². The van der Waals surface area contributed by atoms with Gasteiger partial charge < -0.3 is 4.74 Å². The number of hydrogen-bond acceptors (Lipinski definition) is 3. The number of likely N-dealkylation sites (N-methyl/N-ethyl adjacent to an activating group) is 1. The third-order valence-electron chi connectivity index (χ3n) is 2.62. The highest BCUT2D eigenvalue weighted by Crippen LogP contribution is 2.17. The summed E-state index contributed by atoms with van der Waals surface area (Å²) in [4.78, 5) is 14.1. The molecule has 0 saturated carbocycles. The van der Waals surface area contributed by atoms with Crippen LogP contribution < -0.4 is 0 Å². The molecule has 0 saturated heterocycles. The van der Waals surface area contributed by atoms with Crippen molar-refractivity contribution in [3.05, 3.63) is 34.3 Å². The predicted molar refractivity (Wildman–Crippen MR) is 81.2 cm³/mol. The molecule has 106 valence electrons. The van der Waals surface area contributed by atoms with E-state index >= 15 is 0 Å². The number of hydrogen-bond donors (Lipinski definition) is 0. The first-order chi connectivity index (χ1) is 8.69. The van der Waals surface area contributed by atoms with Crippen LogP contribution >= 0.6 is 15.9 Å². The second kappa shape index (κ2) is 6.53. The summed E-state index contributed by atoms with van der Waals surface area (Å²) in [6.45, 7) is 5.66. The average Bonchev–Trinajstić information content (AvgIpc) is 2.23. The predicted octanol–water partition coefficient (Wildman–Crippen LogP) is 3.26. The smallest absolute Gasteiger partial charge is 0.324 e. The zero-order chi connectivity index (χ0) is 14.6. The van der Waals surface area contributed by atoms with Crippen molar-refractivity contribution in [2.75, 3.05) is 14.1 Å². The van der Waals surface area contributed by atoms with Crippen molar-refractivity contribution in [2.24, 2.45) is 0 Å². The molecule has 0 N–H and O–H groups in total. The Balaban J connectivity index is 2.81. The van der Waals surface area contributed by atoms with Crippen LogP contribution in [0.1, 0.15) is 26.3 Å². The normalized spacial score (nSPS) is 13.4. The summed E-state index contributed by atoms with van der Waals surface area (Å²) in [5.74, 6) is -0.183. The molecule has 1 atom stereocenters. The number of halogens is 1. The molecule has 0 spiro atoms. The lowest BCUT2D eigenvalue weighted by Gasteiger charge is -2.27. The van der Waals surface area contributed by atoms with Crippen molar-refractivity contribution in [2.45, 2.75) is 38.8 Å². The van der Waals surface area contributed by atoms with Gasteiger partial charge in [0.05, 0.1) is 0 Å². The number of ether oxygens (including phenoxy) is 1. The molecule has 0 aliphatic rings. The highest BCUT2D eigenvalue weighted by Gasteiger charge is 2.27. The fourth-order valence-corrected chi connectivity index (χ4v) is 2.18. The van der Waals surface area contributed by atoms with Crippen molar-refractivity contribution in [3.63, 3.8) is 0 Å². The maximum atomic E-state index is 12.2. The van der Waals surface area contributed by atoms with E-state index in [4.69, 9.17) is 4.74 Å². The van der Waals surface area contributed by atoms with Gasteiger partial charge in [0.2, 0.25) is 0 Å². The Kier molecular flexibility index (Phi) is 5.56. The van der Waals surface area contributed by atoms with Gasteiger partial charge in [0.1, 0.15) is 11.6 Å². The van der Waals surface area contributed by atoms with Crippen molar-refractivity contribution in [1.29, 1.82) is 0 Å². The van der Waals surface area contributed by atoms with Crippen LogP contribution in [0.25, 0.3) is 0 Å². The molecule has 1 aromatic rings. The molecule has 0 heterocycles. The van der Waals surface area contributed by atoms with Crippen LogP contribution in [0.3, 0.4) is 0 Å². The number of benzene rings is 1. The number of nitrogens with zero attached hydrogens (tertiary/aromatic N) is 1. The van der Waals surface area contributed by atoms with Crippen LogP contribution in [0.2, 0.25) is 0 Å². The van der Waals surface area contributed by atoms with Gasteiger partial charge in [0, 0.05) is 4.47 Å². The van der Waals surface area contributed by atoms with Crippen molar-refractivity contribution < 1.29 is 9.53 Å². The first kappa shape index (κ1) is 16.2. The lowest BCUT2D eigenvalue weighted by atomic mass is 10.0. The molecule has 0 radical (unpaired) electrons. The highest BCUT2D eigenvalue weighted by atomic mass is 79.9. The maximum absolute atomic E-state index is 12.2. The molecule has 3 nitrogen and oxygen atoms in total. The van der Waals surface area contributed by atoms with Gasteiger partial charge in [-0.1, -0.05) is 28.1 Å². The Morgan fingerprint density at radius 1 is 1.37 bits per heavy atom. The van der Waals surface area contributed by atoms with E-state index in [0.717, 1.165) is 10.0 Å². The average molecular weight is 328 g/mol. The highest BCUT2D eigenvalue weighted by molar-refractivity contribution is 9.10. The molecule has 0 fully saturated rings. The maximum Gasteiger partial charge on any atom is 0.324 e. The molecule has 4 heteroatoms. The van der Waals surface area contributed by atoms with Crippen LogP contribution in [-0.2, 0) is 16.0 Å². The lowest BCUT2D eigenvalue weighted by molar-refractivity contribution is -0.160. The fourth-order valence-electron chi connectivity index (χ4n) is 1.73. The van der Waals surface area contributed by atoms with Crippen LogP contribution in [0.15, 0.2) is 28.7 Å². The Bertz CT molecular complexity index is 438. The summed E-state index contributed by atoms with van der Waals surface area (Å²) in [6, 6.07) is 7.73. The van der Waals surface area contributed by atoms with Gasteiger partial charge in [-0.15, -0.1) is 0 Å². The molecule has 0 aromatic heterocycles. The van der Waals surface area contributed by atoms with Gasteiger partial charge in [-0.2, -0.15) is 0 Å². The van der Waals surface area contributed by atoms with E-state index in [2.05, 4.69) is 15.9 Å². The monoisotopic (exact) mass is 327 g/mol. The summed E-state index contributed by atoms with van der Waals surface area (Å²) in [5, 5.41) is 0. The second-order valence-electron chi connectivity index (χ2n) is 5.85. The van der Waals surface area contributed by atoms with Gasteiger partial charge in [-0.3, -0.25) is 9.69 Å². The van der Waals surface area contributed by atoms with Crippen molar-refractivity contribution >= 4 is 21.9 Å². The van der Waals surface area contributed by atoms with E-state index in [0.29, 0.717) is 6.42 Å². The lowest BCUT2D eigenvalue weighted by Crippen LogP contribution is -2.42. The zero-order valence-corrected chi connectivity index (χ0v) is 13.8. The minimum absolute atomic E-state index is 0.183. The molecule has 0 aliphatic carbocycles. The van der Waals surface area contributed by atoms with Gasteiger partial charge >= 0.3 is 5.97 Å². The fraction of sp³-hybridized carbons (Fsp3) is 0.533. The van der Waals surface area contributed by atoms with Crippen LogP contribution in [0.5, 0.6) is 0 Å². The summed E-state index contributed by atoms with van der Waals surface area (Å²) in [5.41, 5.74) is 0.654. The second-order valence-corrected chi connectivity index (χ2v) is 6.76. The SMILES string of the molecule is CN(C)[C@@H](Cc1cccc(Br)c1)C(=O)OC(C)(C)C. The molecule has 0 bridgehead atoms. The summed E-state index contributed by atoms with van der Waals surface area (Å²) in [7, 11) is 3.79. The number of carbonyl (C=O) groups is 1. The Morgan fingerprint density at radius 2 is 2.00 bits per heavy atom. The molecule has 19 heavy (non-hydrogen) atoms. The van der Waals surface area contributed by atoms with E-state index in [1.54, 1.807) is 0 Å². The molecule has 0 amide bonds. The van der Waals surface area contributed by atoms with Crippen LogP contribution in [0.4, 0.5) is 0 Å². The molecule has 0 aliphatic heterocycles.